The van der Waals surface area contributed by atoms with Crippen molar-refractivity contribution in [3.05, 3.63) is 65.5 Å². The lowest BCUT2D eigenvalue weighted by atomic mass is 9.98. The fourth-order valence-electron chi connectivity index (χ4n) is 2.40. The number of carbonyl (C=O) groups is 1. The zero-order valence-electron chi connectivity index (χ0n) is 14.4. The van der Waals surface area contributed by atoms with Gasteiger partial charge >= 0.3 is 0 Å². The number of ether oxygens (including phenoxy) is 2. The van der Waals surface area contributed by atoms with Gasteiger partial charge in [0, 0.05) is 13.7 Å². The molecule has 0 aliphatic rings. The number of methoxy groups -OCH3 is 2. The Labute approximate surface area is 147 Å². The van der Waals surface area contributed by atoms with Crippen molar-refractivity contribution < 1.29 is 18.7 Å². The van der Waals surface area contributed by atoms with E-state index >= 15 is 0 Å². The molecule has 0 fully saturated rings. The van der Waals surface area contributed by atoms with Gasteiger partial charge in [-0.05, 0) is 35.4 Å². The number of amides is 1. The lowest BCUT2D eigenvalue weighted by Crippen LogP contribution is -2.37. The van der Waals surface area contributed by atoms with Crippen LogP contribution >= 0.6 is 0 Å². The Hall–Kier alpha value is -2.44. The molecule has 2 rings (SSSR count). The van der Waals surface area contributed by atoms with Crippen molar-refractivity contribution in [1.82, 2.24) is 10.6 Å². The summed E-state index contributed by atoms with van der Waals surface area (Å²) in [5.41, 5.74) is 1.69. The third kappa shape index (κ3) is 5.85. The summed E-state index contributed by atoms with van der Waals surface area (Å²) >= 11 is 0. The predicted molar refractivity (Wildman–Crippen MR) is 94.1 cm³/mol. The van der Waals surface area contributed by atoms with Crippen LogP contribution in [0.3, 0.4) is 0 Å². The van der Waals surface area contributed by atoms with Gasteiger partial charge in [-0.2, -0.15) is 0 Å². The third-order valence-electron chi connectivity index (χ3n) is 3.73. The van der Waals surface area contributed by atoms with Crippen LogP contribution in [0.2, 0.25) is 0 Å². The molecule has 2 aromatic rings. The van der Waals surface area contributed by atoms with E-state index in [0.717, 1.165) is 16.9 Å². The van der Waals surface area contributed by atoms with Crippen LogP contribution in [0, 0.1) is 5.82 Å². The number of rotatable bonds is 9. The number of hydrogen-bond donors (Lipinski definition) is 2. The minimum absolute atomic E-state index is 0.152. The quantitative estimate of drug-likeness (QED) is 0.684. The molecule has 0 aliphatic carbocycles. The summed E-state index contributed by atoms with van der Waals surface area (Å²) in [6.45, 7) is 1.30. The highest BCUT2D eigenvalue weighted by molar-refractivity contribution is 5.79. The highest BCUT2D eigenvalue weighted by Crippen LogP contribution is 2.24. The largest absolute Gasteiger partial charge is 0.497 e. The van der Waals surface area contributed by atoms with Crippen LogP contribution in [0.25, 0.3) is 0 Å². The van der Waals surface area contributed by atoms with Crippen molar-refractivity contribution in [3.8, 4) is 5.75 Å². The first-order valence-corrected chi connectivity index (χ1v) is 8.02. The molecular weight excluding hydrogens is 323 g/mol. The maximum absolute atomic E-state index is 13.2. The van der Waals surface area contributed by atoms with E-state index in [1.54, 1.807) is 26.4 Å². The molecule has 2 N–H and O–H groups in total. The average Bonchev–Trinajstić information content (AvgIpc) is 2.64. The second-order valence-corrected chi connectivity index (χ2v) is 5.49. The molecule has 0 bridgehead atoms. The first kappa shape index (κ1) is 18.9. The smallest absolute Gasteiger partial charge is 0.234 e. The van der Waals surface area contributed by atoms with Crippen molar-refractivity contribution >= 4 is 5.91 Å². The van der Waals surface area contributed by atoms with E-state index in [1.165, 1.54) is 12.1 Å². The summed E-state index contributed by atoms with van der Waals surface area (Å²) in [5, 5.41) is 5.98. The number of nitrogens with one attached hydrogen (secondary N) is 2. The van der Waals surface area contributed by atoms with Gasteiger partial charge in [-0.3, -0.25) is 4.79 Å². The lowest BCUT2D eigenvalue weighted by Gasteiger charge is -2.20. The van der Waals surface area contributed by atoms with E-state index in [0.29, 0.717) is 13.2 Å². The second kappa shape index (κ2) is 9.76. The normalized spacial score (nSPS) is 11.8. The number of benzene rings is 2. The molecule has 0 saturated heterocycles. The van der Waals surface area contributed by atoms with E-state index < -0.39 is 0 Å². The second-order valence-electron chi connectivity index (χ2n) is 5.49. The minimum atomic E-state index is -0.372. The van der Waals surface area contributed by atoms with E-state index in [4.69, 9.17) is 9.47 Å². The number of hydrogen-bond acceptors (Lipinski definition) is 4. The van der Waals surface area contributed by atoms with E-state index in [1.807, 2.05) is 24.3 Å². The van der Waals surface area contributed by atoms with Gasteiger partial charge in [-0.1, -0.05) is 24.3 Å². The van der Waals surface area contributed by atoms with E-state index in [2.05, 4.69) is 10.6 Å². The first-order chi connectivity index (χ1) is 12.1. The van der Waals surface area contributed by atoms with Crippen molar-refractivity contribution in [2.24, 2.45) is 0 Å². The van der Waals surface area contributed by atoms with Crippen LogP contribution in [-0.2, 0) is 9.53 Å². The summed E-state index contributed by atoms with van der Waals surface area (Å²) in [5.74, 6) is 0.264. The molecule has 0 aliphatic heterocycles. The summed E-state index contributed by atoms with van der Waals surface area (Å²) in [6, 6.07) is 13.2. The van der Waals surface area contributed by atoms with Crippen molar-refractivity contribution in [2.75, 3.05) is 33.9 Å². The number of halogens is 1. The maximum atomic E-state index is 13.2. The molecule has 2 aromatic carbocycles. The van der Waals surface area contributed by atoms with Crippen LogP contribution in [0.4, 0.5) is 4.39 Å². The molecule has 134 valence electrons. The zero-order chi connectivity index (χ0) is 18.1. The van der Waals surface area contributed by atoms with Gasteiger partial charge in [0.15, 0.2) is 0 Å². The Morgan fingerprint density at radius 3 is 2.20 bits per heavy atom. The lowest BCUT2D eigenvalue weighted by molar-refractivity contribution is -0.120. The van der Waals surface area contributed by atoms with Crippen LogP contribution in [0.1, 0.15) is 17.2 Å². The monoisotopic (exact) mass is 346 g/mol. The Morgan fingerprint density at radius 1 is 1.04 bits per heavy atom. The average molecular weight is 346 g/mol. The SMILES string of the molecule is COCCNCC(=O)NC(c1ccc(F)cc1)c1ccc(OC)cc1. The molecule has 6 heteroatoms. The van der Waals surface area contributed by atoms with Gasteiger partial charge < -0.3 is 20.1 Å². The van der Waals surface area contributed by atoms with E-state index in [-0.39, 0.29) is 24.3 Å². The standard InChI is InChI=1S/C19H23FN2O3/c1-24-12-11-21-13-18(23)22-19(14-3-7-16(20)8-4-14)15-5-9-17(25-2)10-6-15/h3-10,19,21H,11-13H2,1-2H3,(H,22,23). The van der Waals surface area contributed by atoms with Gasteiger partial charge in [0.2, 0.25) is 5.91 Å². The van der Waals surface area contributed by atoms with Crippen molar-refractivity contribution in [3.63, 3.8) is 0 Å². The molecule has 1 atom stereocenters. The Balaban J connectivity index is 2.14. The molecular formula is C19H23FN2O3. The molecule has 25 heavy (non-hydrogen) atoms. The first-order valence-electron chi connectivity index (χ1n) is 8.02. The fourth-order valence-corrected chi connectivity index (χ4v) is 2.40. The highest BCUT2D eigenvalue weighted by Gasteiger charge is 2.17. The molecule has 0 spiro atoms. The number of carbonyl (C=O) groups excluding carboxylic acids is 1. The van der Waals surface area contributed by atoms with Gasteiger partial charge in [-0.15, -0.1) is 0 Å². The van der Waals surface area contributed by atoms with E-state index in [9.17, 15) is 9.18 Å². The fraction of sp³-hybridized carbons (Fsp3) is 0.316. The summed E-state index contributed by atoms with van der Waals surface area (Å²) < 4.78 is 23.3. The molecule has 0 aromatic heterocycles. The Kier molecular flexibility index (Phi) is 7.37. The van der Waals surface area contributed by atoms with Crippen molar-refractivity contribution in [2.45, 2.75) is 6.04 Å². The zero-order valence-corrected chi connectivity index (χ0v) is 14.4. The van der Waals surface area contributed by atoms with Gasteiger partial charge in [0.1, 0.15) is 11.6 Å². The van der Waals surface area contributed by atoms with Gasteiger partial charge in [-0.25, -0.2) is 4.39 Å². The third-order valence-corrected chi connectivity index (χ3v) is 3.73. The van der Waals surface area contributed by atoms with Crippen LogP contribution < -0.4 is 15.4 Å². The summed E-state index contributed by atoms with van der Waals surface area (Å²) in [7, 11) is 3.20. The van der Waals surface area contributed by atoms with Gasteiger partial charge in [0.05, 0.1) is 26.3 Å². The molecule has 1 unspecified atom stereocenters. The summed E-state index contributed by atoms with van der Waals surface area (Å²) in [6.07, 6.45) is 0. The molecule has 0 heterocycles. The van der Waals surface area contributed by atoms with Gasteiger partial charge in [0.25, 0.3) is 0 Å². The summed E-state index contributed by atoms with van der Waals surface area (Å²) in [4.78, 5) is 12.2. The highest BCUT2D eigenvalue weighted by atomic mass is 19.1. The molecule has 0 radical (unpaired) electrons. The maximum Gasteiger partial charge on any atom is 0.234 e. The molecule has 5 nitrogen and oxygen atoms in total. The predicted octanol–water partition coefficient (Wildman–Crippen LogP) is 2.28. The van der Waals surface area contributed by atoms with Crippen LogP contribution in [0.5, 0.6) is 5.75 Å². The topological polar surface area (TPSA) is 59.6 Å². The molecule has 0 saturated carbocycles. The van der Waals surface area contributed by atoms with Crippen LogP contribution in [0.15, 0.2) is 48.5 Å². The Morgan fingerprint density at radius 2 is 1.64 bits per heavy atom. The molecule has 1 amide bonds. The van der Waals surface area contributed by atoms with Crippen molar-refractivity contribution in [1.29, 1.82) is 0 Å². The minimum Gasteiger partial charge on any atom is -0.497 e. The Bertz CT molecular complexity index is 659. The van der Waals surface area contributed by atoms with Crippen LogP contribution in [-0.4, -0.2) is 39.8 Å².